The first-order valence-corrected chi connectivity index (χ1v) is 7.04. The van der Waals surface area contributed by atoms with Crippen LogP contribution in [0.2, 0.25) is 0 Å². The monoisotopic (exact) mass is 267 g/mol. The summed E-state index contributed by atoms with van der Waals surface area (Å²) >= 11 is 0. The van der Waals surface area contributed by atoms with Gasteiger partial charge < -0.3 is 10.1 Å². The molecule has 0 radical (unpaired) electrons. The van der Waals surface area contributed by atoms with Crippen molar-refractivity contribution in [1.82, 2.24) is 5.32 Å². The van der Waals surface area contributed by atoms with E-state index in [2.05, 4.69) is 5.32 Å². The maximum absolute atomic E-state index is 12.5. The minimum atomic E-state index is -4.48. The van der Waals surface area contributed by atoms with Crippen molar-refractivity contribution >= 4 is 16.3 Å². The molecule has 0 aliphatic heterocycles. The fraction of sp³-hybridized carbons (Fsp3) is 0.900. The number of alkyl carbamates (subject to hydrolysis) is 1. The molecule has 100 valence electrons. The quantitative estimate of drug-likeness (QED) is 0.788. The number of nitrogens with one attached hydrogen (secondary N) is 1. The average Bonchev–Trinajstić information content (AvgIpc) is 2.05. The highest BCUT2D eigenvalue weighted by molar-refractivity contribution is 7.86. The van der Waals surface area contributed by atoms with Gasteiger partial charge in [-0.3, -0.25) is 0 Å². The molecular formula is C10H18FNO4S. The molecule has 1 fully saturated rings. The van der Waals surface area contributed by atoms with Crippen LogP contribution in [0.3, 0.4) is 0 Å². The minimum absolute atomic E-state index is 0.310. The molecule has 1 aliphatic carbocycles. The lowest BCUT2D eigenvalue weighted by atomic mass is 9.81. The number of ether oxygens (including phenoxy) is 1. The van der Waals surface area contributed by atoms with E-state index in [1.54, 1.807) is 20.8 Å². The highest BCUT2D eigenvalue weighted by atomic mass is 32.3. The lowest BCUT2D eigenvalue weighted by Gasteiger charge is -2.36. The van der Waals surface area contributed by atoms with Gasteiger partial charge in [0.2, 0.25) is 0 Å². The van der Waals surface area contributed by atoms with E-state index in [0.717, 1.165) is 0 Å². The normalized spacial score (nSPS) is 24.9. The summed E-state index contributed by atoms with van der Waals surface area (Å²) in [5.41, 5.74) is -0.602. The van der Waals surface area contributed by atoms with Crippen molar-refractivity contribution in [1.29, 1.82) is 0 Å². The fourth-order valence-corrected chi connectivity index (χ4v) is 2.58. The highest BCUT2D eigenvalue weighted by Gasteiger charge is 2.36. The van der Waals surface area contributed by atoms with Gasteiger partial charge >= 0.3 is 16.3 Å². The van der Waals surface area contributed by atoms with Crippen LogP contribution in [0.4, 0.5) is 8.68 Å². The van der Waals surface area contributed by atoms with E-state index in [0.29, 0.717) is 12.8 Å². The number of halogens is 1. The molecule has 0 spiro atoms. The van der Waals surface area contributed by atoms with Crippen LogP contribution < -0.4 is 5.32 Å². The third-order valence-electron chi connectivity index (χ3n) is 2.53. The summed E-state index contributed by atoms with van der Waals surface area (Å²) in [5, 5.41) is 2.55. The van der Waals surface area contributed by atoms with Crippen LogP contribution in [0.25, 0.3) is 0 Å². The molecule has 0 aromatic carbocycles. The van der Waals surface area contributed by atoms with E-state index in [1.807, 2.05) is 0 Å². The van der Waals surface area contributed by atoms with Gasteiger partial charge in [-0.2, -0.15) is 8.42 Å². The molecule has 1 saturated carbocycles. The lowest BCUT2D eigenvalue weighted by molar-refractivity contribution is 0.0446. The van der Waals surface area contributed by atoms with Crippen LogP contribution in [-0.4, -0.2) is 31.9 Å². The molecule has 7 heteroatoms. The van der Waals surface area contributed by atoms with E-state index >= 15 is 0 Å². The van der Waals surface area contributed by atoms with Crippen LogP contribution in [0.1, 0.15) is 33.6 Å². The summed E-state index contributed by atoms with van der Waals surface area (Å²) in [7, 11) is -4.48. The summed E-state index contributed by atoms with van der Waals surface area (Å²) in [6.45, 7) is 5.20. The number of carbonyl (C=O) groups excluding carboxylic acids is 1. The molecule has 1 amide bonds. The molecule has 17 heavy (non-hydrogen) atoms. The largest absolute Gasteiger partial charge is 0.444 e. The maximum atomic E-state index is 12.5. The van der Waals surface area contributed by atoms with Gasteiger partial charge in [-0.25, -0.2) is 4.79 Å². The van der Waals surface area contributed by atoms with Gasteiger partial charge in [0.1, 0.15) is 5.60 Å². The second-order valence-corrected chi connectivity index (χ2v) is 6.71. The third-order valence-corrected chi connectivity index (χ3v) is 3.36. The molecule has 2 atom stereocenters. The number of hydrogen-bond acceptors (Lipinski definition) is 4. The van der Waals surface area contributed by atoms with Gasteiger partial charge in [-0.15, -0.1) is 3.89 Å². The van der Waals surface area contributed by atoms with Crippen LogP contribution in [0.15, 0.2) is 0 Å². The summed E-state index contributed by atoms with van der Waals surface area (Å²) < 4.78 is 38.5. The van der Waals surface area contributed by atoms with Gasteiger partial charge in [0.15, 0.2) is 0 Å². The van der Waals surface area contributed by atoms with Crippen molar-refractivity contribution in [3.05, 3.63) is 0 Å². The summed E-state index contributed by atoms with van der Waals surface area (Å²) in [6, 6.07) is -0.310. The first-order chi connectivity index (χ1) is 7.57. The number of rotatable bonds is 3. The second-order valence-electron chi connectivity index (χ2n) is 5.30. The van der Waals surface area contributed by atoms with Gasteiger partial charge in [-0.1, -0.05) is 0 Å². The molecule has 1 aliphatic rings. The van der Waals surface area contributed by atoms with Crippen molar-refractivity contribution in [2.45, 2.75) is 45.3 Å². The zero-order chi connectivity index (χ0) is 13.3. The fourth-order valence-electron chi connectivity index (χ4n) is 1.67. The number of amides is 1. The molecule has 0 aromatic heterocycles. The zero-order valence-corrected chi connectivity index (χ0v) is 11.0. The Kier molecular flexibility index (Phi) is 4.01. The molecule has 5 nitrogen and oxygen atoms in total. The topological polar surface area (TPSA) is 72.5 Å². The van der Waals surface area contributed by atoms with Crippen LogP contribution in [0.5, 0.6) is 0 Å². The van der Waals surface area contributed by atoms with Crippen LogP contribution in [0, 0.1) is 5.92 Å². The Hall–Kier alpha value is -0.850. The first kappa shape index (κ1) is 14.2. The molecule has 0 aromatic rings. The summed E-state index contributed by atoms with van der Waals surface area (Å²) in [4.78, 5) is 11.4. The maximum Gasteiger partial charge on any atom is 0.407 e. The minimum Gasteiger partial charge on any atom is -0.444 e. The van der Waals surface area contributed by atoms with E-state index in [4.69, 9.17) is 4.74 Å². The zero-order valence-electron chi connectivity index (χ0n) is 10.2. The van der Waals surface area contributed by atoms with E-state index in [-0.39, 0.29) is 12.0 Å². The summed E-state index contributed by atoms with van der Waals surface area (Å²) in [6.07, 6.45) is 0.659. The SMILES string of the molecule is CC(C)(C)OC(=O)N[C@@H]1CC[C@H]1CS(=O)(=O)F. The van der Waals surface area contributed by atoms with Crippen molar-refractivity contribution in [3.8, 4) is 0 Å². The van der Waals surface area contributed by atoms with Crippen molar-refractivity contribution in [2.75, 3.05) is 5.75 Å². The van der Waals surface area contributed by atoms with Crippen molar-refractivity contribution in [3.63, 3.8) is 0 Å². The second kappa shape index (κ2) is 4.80. The Bertz CT molecular complexity index is 388. The molecule has 1 rings (SSSR count). The average molecular weight is 267 g/mol. The molecule has 1 N–H and O–H groups in total. The molecule has 0 heterocycles. The Morgan fingerprint density at radius 2 is 2.00 bits per heavy atom. The van der Waals surface area contributed by atoms with E-state index in [1.165, 1.54) is 0 Å². The number of carbonyl (C=O) groups is 1. The standard InChI is InChI=1S/C10H18FNO4S/c1-10(2,3)16-9(13)12-8-5-4-7(8)6-17(11,14)15/h7-8H,4-6H2,1-3H3,(H,12,13)/t7-,8+/m0/s1. The highest BCUT2D eigenvalue weighted by Crippen LogP contribution is 2.29. The van der Waals surface area contributed by atoms with Crippen molar-refractivity contribution in [2.24, 2.45) is 5.92 Å². The molecule has 0 unspecified atom stereocenters. The van der Waals surface area contributed by atoms with E-state index < -0.39 is 27.7 Å². The van der Waals surface area contributed by atoms with E-state index in [9.17, 15) is 17.1 Å². The molecular weight excluding hydrogens is 249 g/mol. The smallest absolute Gasteiger partial charge is 0.407 e. The molecule has 0 bridgehead atoms. The summed E-state index contributed by atoms with van der Waals surface area (Å²) in [5.74, 6) is -0.884. The lowest BCUT2D eigenvalue weighted by Crippen LogP contribution is -2.50. The molecule has 0 saturated heterocycles. The third kappa shape index (κ3) is 5.34. The number of hydrogen-bond donors (Lipinski definition) is 1. The van der Waals surface area contributed by atoms with Gasteiger partial charge in [-0.05, 0) is 39.5 Å². The Labute approximate surface area is 101 Å². The Balaban J connectivity index is 2.41. The Morgan fingerprint density at radius 1 is 1.41 bits per heavy atom. The van der Waals surface area contributed by atoms with Crippen molar-refractivity contribution < 1.29 is 21.8 Å². The predicted octanol–water partition coefficient (Wildman–Crippen LogP) is 1.59. The van der Waals surface area contributed by atoms with Gasteiger partial charge in [0, 0.05) is 6.04 Å². The van der Waals surface area contributed by atoms with Crippen LogP contribution >= 0.6 is 0 Å². The Morgan fingerprint density at radius 3 is 2.35 bits per heavy atom. The van der Waals surface area contributed by atoms with Gasteiger partial charge in [0.05, 0.1) is 5.75 Å². The predicted molar refractivity (Wildman–Crippen MR) is 60.8 cm³/mol. The van der Waals surface area contributed by atoms with Gasteiger partial charge in [0.25, 0.3) is 0 Å². The van der Waals surface area contributed by atoms with Crippen LogP contribution in [-0.2, 0) is 15.0 Å². The first-order valence-electron chi connectivity index (χ1n) is 5.49.